The first kappa shape index (κ1) is 22.7. The predicted molar refractivity (Wildman–Crippen MR) is 119 cm³/mol. The molecule has 2 N–H and O–H groups in total. The summed E-state index contributed by atoms with van der Waals surface area (Å²) in [6, 6.07) is 10.9. The fraction of sp³-hybridized carbons (Fsp3) is 0.261. The molecule has 8 nitrogen and oxygen atoms in total. The Labute approximate surface area is 190 Å². The van der Waals surface area contributed by atoms with Gasteiger partial charge in [0.1, 0.15) is 5.82 Å². The van der Waals surface area contributed by atoms with E-state index in [9.17, 15) is 27.2 Å². The van der Waals surface area contributed by atoms with Gasteiger partial charge in [-0.1, -0.05) is 30.4 Å². The summed E-state index contributed by atoms with van der Waals surface area (Å²) < 4.78 is 41.2. The molecule has 1 aliphatic heterocycles. The minimum atomic E-state index is -4.09. The number of rotatable bonds is 7. The summed E-state index contributed by atoms with van der Waals surface area (Å²) in [6.07, 6.45) is 4.73. The molecule has 10 heteroatoms. The molecule has 2 aliphatic rings. The number of para-hydroxylation sites is 1. The van der Waals surface area contributed by atoms with Crippen molar-refractivity contribution in [2.75, 3.05) is 16.6 Å². The Bertz CT molecular complexity index is 1220. The second kappa shape index (κ2) is 9.14. The number of anilines is 2. The van der Waals surface area contributed by atoms with Crippen molar-refractivity contribution in [3.05, 3.63) is 66.5 Å². The molecule has 1 aliphatic carbocycles. The molecule has 4 rings (SSSR count). The number of hydrogen-bond acceptors (Lipinski definition) is 5. The SMILES string of the molecule is O=C(CCN1C(=O)[C@H]2CC=CC[C@H]2C1=O)Nc1cccc(S(=O)(=O)Nc2ccccc2F)c1. The zero-order valence-corrected chi connectivity index (χ0v) is 18.3. The third-order valence-corrected chi connectivity index (χ3v) is 7.07. The van der Waals surface area contributed by atoms with E-state index in [0.717, 1.165) is 11.0 Å². The fourth-order valence-electron chi connectivity index (χ4n) is 4.01. The molecule has 0 unspecified atom stereocenters. The number of carbonyl (C=O) groups excluding carboxylic acids is 3. The first-order chi connectivity index (χ1) is 15.8. The van der Waals surface area contributed by atoms with Gasteiger partial charge < -0.3 is 5.32 Å². The number of benzene rings is 2. The van der Waals surface area contributed by atoms with E-state index in [-0.39, 0.29) is 52.9 Å². The topological polar surface area (TPSA) is 113 Å². The number of allylic oxidation sites excluding steroid dienone is 2. The maximum absolute atomic E-state index is 13.8. The molecule has 0 aromatic heterocycles. The van der Waals surface area contributed by atoms with Gasteiger partial charge in [0.15, 0.2) is 0 Å². The first-order valence-corrected chi connectivity index (χ1v) is 11.9. The summed E-state index contributed by atoms with van der Waals surface area (Å²) in [7, 11) is -4.09. The largest absolute Gasteiger partial charge is 0.326 e. The second-order valence-electron chi connectivity index (χ2n) is 7.90. The second-order valence-corrected chi connectivity index (χ2v) is 9.58. The van der Waals surface area contributed by atoms with Crippen LogP contribution in [-0.4, -0.2) is 37.6 Å². The first-order valence-electron chi connectivity index (χ1n) is 10.4. The van der Waals surface area contributed by atoms with Gasteiger partial charge in [-0.05, 0) is 43.2 Å². The monoisotopic (exact) mass is 471 g/mol. The Hall–Kier alpha value is -3.53. The van der Waals surface area contributed by atoms with Crippen molar-refractivity contribution in [3.8, 4) is 0 Å². The summed E-state index contributed by atoms with van der Waals surface area (Å²) >= 11 is 0. The van der Waals surface area contributed by atoms with Gasteiger partial charge >= 0.3 is 0 Å². The molecular weight excluding hydrogens is 449 g/mol. The normalized spacial score (nSPS) is 20.0. The third kappa shape index (κ3) is 4.80. The molecule has 3 amide bonds. The number of nitrogens with zero attached hydrogens (tertiary/aromatic N) is 1. The number of sulfonamides is 1. The van der Waals surface area contributed by atoms with E-state index < -0.39 is 21.7 Å². The number of imide groups is 1. The third-order valence-electron chi connectivity index (χ3n) is 5.71. The number of nitrogens with one attached hydrogen (secondary N) is 2. The van der Waals surface area contributed by atoms with Gasteiger partial charge in [-0.15, -0.1) is 0 Å². The van der Waals surface area contributed by atoms with E-state index in [4.69, 9.17) is 0 Å². The molecule has 0 bridgehead atoms. The number of fused-ring (bicyclic) bond motifs is 1. The Morgan fingerprint density at radius 1 is 1.00 bits per heavy atom. The highest BCUT2D eigenvalue weighted by Gasteiger charge is 2.46. The molecule has 1 heterocycles. The van der Waals surface area contributed by atoms with Crippen LogP contribution in [0.25, 0.3) is 0 Å². The predicted octanol–water partition coefficient (Wildman–Crippen LogP) is 2.91. The molecule has 2 aromatic rings. The van der Waals surface area contributed by atoms with Gasteiger partial charge in [0.2, 0.25) is 17.7 Å². The van der Waals surface area contributed by atoms with Crippen LogP contribution in [0.15, 0.2) is 65.6 Å². The van der Waals surface area contributed by atoms with Crippen molar-refractivity contribution in [1.82, 2.24) is 4.90 Å². The summed E-state index contributed by atoms with van der Waals surface area (Å²) in [5.41, 5.74) is 0.0241. The van der Waals surface area contributed by atoms with Crippen LogP contribution in [0, 0.1) is 17.7 Å². The zero-order chi connectivity index (χ0) is 23.6. The molecule has 0 saturated carbocycles. The Balaban J connectivity index is 1.38. The molecule has 0 radical (unpaired) electrons. The van der Waals surface area contributed by atoms with Crippen molar-refractivity contribution in [3.63, 3.8) is 0 Å². The molecule has 2 atom stereocenters. The van der Waals surface area contributed by atoms with E-state index in [2.05, 4.69) is 10.0 Å². The minimum Gasteiger partial charge on any atom is -0.326 e. The molecule has 0 spiro atoms. The highest BCUT2D eigenvalue weighted by Crippen LogP contribution is 2.35. The standard InChI is InChI=1S/C23H22FN3O5S/c24-19-10-3-4-11-20(19)26-33(31,32)16-7-5-6-15(14-16)25-21(28)12-13-27-22(29)17-8-1-2-9-18(17)23(27)30/h1-7,10-11,14,17-18,26H,8-9,12-13H2,(H,25,28)/t17-,18+. The van der Waals surface area contributed by atoms with Crippen LogP contribution in [0.1, 0.15) is 19.3 Å². The molecule has 172 valence electrons. The zero-order valence-electron chi connectivity index (χ0n) is 17.5. The van der Waals surface area contributed by atoms with Crippen molar-refractivity contribution in [1.29, 1.82) is 0 Å². The lowest BCUT2D eigenvalue weighted by Crippen LogP contribution is -2.34. The van der Waals surface area contributed by atoms with Gasteiger partial charge in [0.05, 0.1) is 22.4 Å². The maximum atomic E-state index is 13.8. The van der Waals surface area contributed by atoms with Crippen molar-refractivity contribution in [2.24, 2.45) is 11.8 Å². The molecular formula is C23H22FN3O5S. The summed E-state index contributed by atoms with van der Waals surface area (Å²) in [6.45, 7) is -0.0384. The maximum Gasteiger partial charge on any atom is 0.262 e. The van der Waals surface area contributed by atoms with Crippen molar-refractivity contribution < 1.29 is 27.2 Å². The number of carbonyl (C=O) groups is 3. The van der Waals surface area contributed by atoms with Gasteiger partial charge in [0.25, 0.3) is 10.0 Å². The smallest absolute Gasteiger partial charge is 0.262 e. The van der Waals surface area contributed by atoms with E-state index >= 15 is 0 Å². The van der Waals surface area contributed by atoms with Gasteiger partial charge in [-0.3, -0.25) is 24.0 Å². The lowest BCUT2D eigenvalue weighted by molar-refractivity contribution is -0.140. The Morgan fingerprint density at radius 3 is 2.33 bits per heavy atom. The average Bonchev–Trinajstić information content (AvgIpc) is 3.04. The van der Waals surface area contributed by atoms with Crippen LogP contribution < -0.4 is 10.0 Å². The molecule has 33 heavy (non-hydrogen) atoms. The van der Waals surface area contributed by atoms with Crippen molar-refractivity contribution in [2.45, 2.75) is 24.2 Å². The number of amides is 3. The molecule has 2 aromatic carbocycles. The highest BCUT2D eigenvalue weighted by atomic mass is 32.2. The Morgan fingerprint density at radius 2 is 1.67 bits per heavy atom. The van der Waals surface area contributed by atoms with Crippen LogP contribution in [0.5, 0.6) is 0 Å². The van der Waals surface area contributed by atoms with Crippen molar-refractivity contribution >= 4 is 39.1 Å². The molecule has 1 saturated heterocycles. The minimum absolute atomic E-state index is 0.0384. The summed E-state index contributed by atoms with van der Waals surface area (Å²) in [5.74, 6) is -2.40. The lowest BCUT2D eigenvalue weighted by Gasteiger charge is -2.15. The fourth-order valence-corrected chi connectivity index (χ4v) is 5.13. The Kier molecular flexibility index (Phi) is 6.28. The van der Waals surface area contributed by atoms with Crippen LogP contribution in [0.4, 0.5) is 15.8 Å². The van der Waals surface area contributed by atoms with Gasteiger partial charge in [0, 0.05) is 18.7 Å². The van der Waals surface area contributed by atoms with E-state index in [1.165, 1.54) is 42.5 Å². The van der Waals surface area contributed by atoms with E-state index in [1.54, 1.807) is 0 Å². The lowest BCUT2D eigenvalue weighted by atomic mass is 9.85. The average molecular weight is 472 g/mol. The number of likely N-dealkylation sites (tertiary alicyclic amines) is 1. The highest BCUT2D eigenvalue weighted by molar-refractivity contribution is 7.92. The quantitative estimate of drug-likeness (QED) is 0.476. The van der Waals surface area contributed by atoms with Crippen LogP contribution >= 0.6 is 0 Å². The number of halogens is 1. The van der Waals surface area contributed by atoms with E-state index in [0.29, 0.717) is 12.8 Å². The van der Waals surface area contributed by atoms with Crippen LogP contribution in [0.2, 0.25) is 0 Å². The summed E-state index contributed by atoms with van der Waals surface area (Å²) in [5, 5.41) is 2.58. The van der Waals surface area contributed by atoms with Gasteiger partial charge in [-0.2, -0.15) is 0 Å². The van der Waals surface area contributed by atoms with E-state index in [1.807, 2.05) is 12.2 Å². The van der Waals surface area contributed by atoms with Gasteiger partial charge in [-0.25, -0.2) is 12.8 Å². The number of hydrogen-bond donors (Lipinski definition) is 2. The van der Waals surface area contributed by atoms with Crippen LogP contribution in [-0.2, 0) is 24.4 Å². The molecule has 1 fully saturated rings. The van der Waals surface area contributed by atoms with Crippen LogP contribution in [0.3, 0.4) is 0 Å². The summed E-state index contributed by atoms with van der Waals surface area (Å²) in [4.78, 5) is 38.4.